The number of para-hydroxylation sites is 1. The van der Waals surface area contributed by atoms with Crippen molar-refractivity contribution in [3.8, 4) is 0 Å². The second-order valence-electron chi connectivity index (χ2n) is 31.6. The summed E-state index contributed by atoms with van der Waals surface area (Å²) in [5.74, 6) is -12.5. The monoisotopic (exact) mass is 1690 g/mol. The lowest BCUT2D eigenvalue weighted by Crippen LogP contribution is -2.62. The molecule has 15 atom stereocenters. The molecule has 0 unspecified atom stereocenters. The molecule has 0 saturated carbocycles. The van der Waals surface area contributed by atoms with Crippen molar-refractivity contribution < 1.29 is 72.2 Å². The molecule has 0 bridgehead atoms. The molecule has 0 spiro atoms. The Morgan fingerprint density at radius 3 is 1.15 bits per heavy atom. The molecule has 3 aliphatic rings. The maximum atomic E-state index is 15.2. The molecule has 1 aromatic heterocycles. The summed E-state index contributed by atoms with van der Waals surface area (Å²) in [4.78, 5) is 221. The van der Waals surface area contributed by atoms with Crippen molar-refractivity contribution in [3.05, 3.63) is 36.0 Å². The Balaban J connectivity index is 1.64. The van der Waals surface area contributed by atoms with Gasteiger partial charge in [0, 0.05) is 49.7 Å². The fraction of sp³-hybridized carbons (Fsp3) is 0.696. The van der Waals surface area contributed by atoms with Gasteiger partial charge in [-0.25, -0.2) is 0 Å². The van der Waals surface area contributed by atoms with Gasteiger partial charge in [0.25, 0.3) is 0 Å². The van der Waals surface area contributed by atoms with Gasteiger partial charge in [-0.15, -0.1) is 0 Å². The molecule has 0 radical (unpaired) electrons. The predicted molar refractivity (Wildman–Crippen MR) is 451 cm³/mol. The van der Waals surface area contributed by atoms with Crippen LogP contribution in [0.15, 0.2) is 40.4 Å². The number of aromatic nitrogens is 1. The van der Waals surface area contributed by atoms with Gasteiger partial charge in [0.15, 0.2) is 11.9 Å². The van der Waals surface area contributed by atoms with E-state index >= 15 is 9.59 Å². The van der Waals surface area contributed by atoms with Crippen molar-refractivity contribution in [2.24, 2.45) is 67.5 Å². The largest absolute Gasteiger partial charge is 0.391 e. The summed E-state index contributed by atoms with van der Waals surface area (Å²) in [6.07, 6.45) is 4.06. The zero-order valence-electron chi connectivity index (χ0n) is 70.3. The highest BCUT2D eigenvalue weighted by atomic mass is 16.3. The summed E-state index contributed by atoms with van der Waals surface area (Å²) in [5, 5.41) is 44.7. The quantitative estimate of drug-likeness (QED) is 0.0180. The number of unbranched alkanes of at least 4 members (excludes halogenated alkanes) is 5. The number of rotatable bonds is 33. The molecule has 2 aromatic rings. The third-order valence-corrected chi connectivity index (χ3v) is 21.3. The first-order valence-electron chi connectivity index (χ1n) is 42.4. The number of aromatic amines is 1. The Morgan fingerprint density at radius 2 is 0.742 bits per heavy atom. The van der Waals surface area contributed by atoms with Crippen LogP contribution in [0.5, 0.6) is 0 Å². The van der Waals surface area contributed by atoms with E-state index in [1.165, 1.54) is 30.6 Å². The smallest absolute Gasteiger partial charge is 0.246 e. The molecule has 41 nitrogen and oxygen atoms in total. The molecule has 3 fully saturated rings. The van der Waals surface area contributed by atoms with Crippen molar-refractivity contribution in [1.29, 1.82) is 0 Å². The molecule has 5 rings (SSSR count). The lowest BCUT2D eigenvalue weighted by atomic mass is 9.99. The summed E-state index contributed by atoms with van der Waals surface area (Å²) >= 11 is 0. The van der Waals surface area contributed by atoms with Crippen molar-refractivity contribution in [3.63, 3.8) is 0 Å². The minimum atomic E-state index is -1.76. The van der Waals surface area contributed by atoms with Crippen LogP contribution < -0.4 is 115 Å². The number of aliphatic hydroxyl groups is 1. The predicted octanol–water partition coefficient (Wildman–Crippen LogP) is -5.26. The highest BCUT2D eigenvalue weighted by molar-refractivity contribution is 6.01. The van der Waals surface area contributed by atoms with E-state index in [1.54, 1.807) is 44.3 Å². The van der Waals surface area contributed by atoms with E-state index in [2.05, 4.69) is 78.8 Å². The van der Waals surface area contributed by atoms with Gasteiger partial charge in [-0.1, -0.05) is 32.0 Å². The van der Waals surface area contributed by atoms with Crippen LogP contribution in [0.4, 0.5) is 0 Å². The fourth-order valence-corrected chi connectivity index (χ4v) is 14.7. The zero-order valence-corrected chi connectivity index (χ0v) is 70.3. The van der Waals surface area contributed by atoms with Crippen molar-refractivity contribution in [1.82, 2.24) is 78.6 Å². The lowest BCUT2D eigenvalue weighted by molar-refractivity contribution is -0.148. The van der Waals surface area contributed by atoms with E-state index in [0.717, 1.165) is 0 Å². The molecule has 32 N–H and O–H groups in total. The number of H-pyrrole nitrogens is 1. The first kappa shape index (κ1) is 100. The molecule has 41 heteroatoms. The van der Waals surface area contributed by atoms with Crippen molar-refractivity contribution >= 4 is 106 Å². The van der Waals surface area contributed by atoms with Crippen LogP contribution in [0.2, 0.25) is 0 Å². The number of nitrogens with zero attached hydrogens (tertiary/aromatic N) is 4. The maximum Gasteiger partial charge on any atom is 0.246 e. The summed E-state index contributed by atoms with van der Waals surface area (Å²) in [5.41, 5.74) is 53.3. The van der Waals surface area contributed by atoms with Gasteiger partial charge in [-0.3, -0.25) is 77.1 Å². The van der Waals surface area contributed by atoms with Gasteiger partial charge >= 0.3 is 0 Å². The minimum Gasteiger partial charge on any atom is -0.391 e. The van der Waals surface area contributed by atoms with E-state index < -0.39 is 173 Å². The first-order valence-corrected chi connectivity index (χ1v) is 42.4. The van der Waals surface area contributed by atoms with Crippen molar-refractivity contribution in [2.75, 3.05) is 58.9 Å². The Hall–Kier alpha value is -10.4. The molecule has 120 heavy (non-hydrogen) atoms. The number of hydrogen-bond donors (Lipinski definition) is 23. The van der Waals surface area contributed by atoms with Gasteiger partial charge in [0.1, 0.15) is 84.6 Å². The normalized spacial score (nSPS) is 25.5. The number of carbonyl (C=O) groups is 14. The average molecular weight is 1690 g/mol. The molecule has 14 amide bonds. The van der Waals surface area contributed by atoms with Crippen LogP contribution >= 0.6 is 0 Å². The molecular weight excluding hydrogens is 1550 g/mol. The Bertz CT molecular complexity index is 3760. The number of amides is 14. The van der Waals surface area contributed by atoms with Gasteiger partial charge < -0.3 is 135 Å². The fourth-order valence-electron chi connectivity index (χ4n) is 14.7. The lowest BCUT2D eigenvalue weighted by Gasteiger charge is -2.34. The molecule has 1 aromatic carbocycles. The topological polar surface area (TPSA) is 685 Å². The molecule has 672 valence electrons. The van der Waals surface area contributed by atoms with Crippen LogP contribution in [0, 0.1) is 5.92 Å². The van der Waals surface area contributed by atoms with Crippen LogP contribution in [0.3, 0.4) is 0 Å². The summed E-state index contributed by atoms with van der Waals surface area (Å²) in [6.45, 7) is 8.66. The Morgan fingerprint density at radius 1 is 0.400 bits per heavy atom. The molecule has 4 heterocycles. The molecule has 3 aliphatic heterocycles. The third-order valence-electron chi connectivity index (χ3n) is 21.3. The third kappa shape index (κ3) is 33.0. The zero-order chi connectivity index (χ0) is 88.5. The van der Waals surface area contributed by atoms with Crippen molar-refractivity contribution in [2.45, 2.75) is 286 Å². The number of guanidine groups is 2. The SMILES string of the molecule is CC(C)C[C@@H]1NC(=O)[C@H](Cc2c[nH]c3ccccc23)NC(=O)[C@H]([C@@H](C)O)NC(=O)[C@@H]2CCCN2C(=O)[C@H]2CCCN2C(=O)[C@H](CCCCN)NC(=O)[C@H](C)NC(=O)[C@H](CCCCN)NC(=O)[C@H](CCCCN)NC(=O)[C@H](C)NC(=O)[C@H](CCCN=C(N)N)NC(=O)[C@H](CCCN=C(N)N)NC(=O)[C@H](CCCCN)NC(=O)[C@H](CCCCN)NC1=O. The van der Waals surface area contributed by atoms with E-state index in [1.807, 2.05) is 0 Å². The number of aliphatic imine (C=N–C) groups is 2. The summed E-state index contributed by atoms with van der Waals surface area (Å²) in [6, 6.07) is -12.4. The minimum absolute atomic E-state index is 0.00658. The van der Waals surface area contributed by atoms with Gasteiger partial charge in [0.05, 0.1) is 6.10 Å². The Kier molecular flexibility index (Phi) is 44.0. The molecule has 0 aliphatic carbocycles. The van der Waals surface area contributed by atoms with E-state index in [0.29, 0.717) is 80.7 Å². The van der Waals surface area contributed by atoms with Gasteiger partial charge in [-0.05, 0) is 225 Å². The van der Waals surface area contributed by atoms with Crippen LogP contribution in [0.1, 0.15) is 194 Å². The second kappa shape index (κ2) is 52.6. The maximum absolute atomic E-state index is 15.2. The van der Waals surface area contributed by atoms with Gasteiger partial charge in [0.2, 0.25) is 82.7 Å². The van der Waals surface area contributed by atoms with Gasteiger partial charge in [-0.2, -0.15) is 0 Å². The van der Waals surface area contributed by atoms with Crippen LogP contribution in [-0.4, -0.2) is 264 Å². The highest BCUT2D eigenvalue weighted by Crippen LogP contribution is 2.28. The number of nitrogens with two attached hydrogens (primary N) is 9. The van der Waals surface area contributed by atoms with E-state index in [4.69, 9.17) is 51.6 Å². The number of nitrogens with one attached hydrogen (secondary N) is 13. The second-order valence-corrected chi connectivity index (χ2v) is 31.6. The average Bonchev–Trinajstić information content (AvgIpc) is 1.67. The summed E-state index contributed by atoms with van der Waals surface area (Å²) < 4.78 is 0. The molecule has 3 saturated heterocycles. The number of benzene rings is 1. The first-order chi connectivity index (χ1) is 57.3. The Labute approximate surface area is 701 Å². The van der Waals surface area contributed by atoms with E-state index in [9.17, 15) is 62.6 Å². The summed E-state index contributed by atoms with van der Waals surface area (Å²) in [7, 11) is 0. The number of carbonyl (C=O) groups excluding carboxylic acids is 14. The van der Waals surface area contributed by atoms with Crippen LogP contribution in [-0.2, 0) is 73.5 Å². The molecular formula is C79H136N26O15. The number of aliphatic hydroxyl groups excluding tert-OH is 1. The standard InChI is InChI=1S/C79H136N26O15/c1-45(2)42-59-72(115)99-55(27-11-16-36-83)70(113)96-54(26-10-15-35-82)69(112)98-57(30-19-39-90-79(87)88)71(114)97-56(29-18-38-89-78(85)86)67(110)92-46(3)64(107)94-53(25-9-14-34-81)68(111)95-52(24-8-13-33-80)66(109)93-47(4)65(108)100-58(28-12-17-37-84)76(119)105-41-21-32-62(105)77(120)104-40-20-31-61(104)74(117)103-63(48(5)106)75(118)102-60(73(116)101-59)43-49-44-91-51-23-7-6-22-50(49)51/h6-7,22-23,44-48,52-63,91,106H,8-21,24-43,80-84H2,1-5H3,(H,92,110)(H,93,109)(H,94,107)(H,95,111)(H,96,113)(H,97,114)(H,98,112)(H,99,115)(H,100,108)(H,101,116)(H,102,118)(H,103,117)(H4,85,86,89)(H4,87,88,90)/t46-,47-,48+,52-,53-,54-,55-,56-,57-,58-,59-,60-,61-,62+,63-/m0/s1. The number of fused-ring (bicyclic) bond motifs is 3. The highest BCUT2D eigenvalue weighted by Gasteiger charge is 2.46. The van der Waals surface area contributed by atoms with Crippen LogP contribution in [0.25, 0.3) is 10.9 Å². The van der Waals surface area contributed by atoms with E-state index in [-0.39, 0.29) is 173 Å². The number of hydrogen-bond acceptors (Lipinski definition) is 22.